The van der Waals surface area contributed by atoms with Gasteiger partial charge in [-0.2, -0.15) is 0 Å². The fraction of sp³-hybridized carbons (Fsp3) is 0.182. The number of halogens is 1. The monoisotopic (exact) mass is 476 g/mol. The molecule has 0 atom stereocenters. The van der Waals surface area contributed by atoms with E-state index in [9.17, 15) is 4.39 Å². The third kappa shape index (κ3) is 5.80. The molecule has 0 aliphatic carbocycles. The van der Waals surface area contributed by atoms with Crippen LogP contribution in [0.25, 0.3) is 5.70 Å². The Balaban J connectivity index is 1.76. The van der Waals surface area contributed by atoms with E-state index in [0.717, 1.165) is 46.0 Å². The molecular weight excluding hydrogens is 443 g/mol. The highest BCUT2D eigenvalue weighted by atomic mass is 19.1. The summed E-state index contributed by atoms with van der Waals surface area (Å²) in [4.78, 5) is 7.42. The highest BCUT2D eigenvalue weighted by Gasteiger charge is 2.15. The molecule has 0 aliphatic heterocycles. The van der Waals surface area contributed by atoms with Crippen molar-refractivity contribution in [1.82, 2.24) is 0 Å². The SMILES string of the molecule is CC/C(C)=C(/N=C(/c1ccc(N(c2ccccc2)c2ccccc2)cc1)C(C)C)c1ccc(F)cc1. The molecule has 0 amide bonds. The standard InChI is InChI=1S/C33H33FN2/c1-5-25(4)33(27-16-20-28(34)21-17-27)35-32(24(2)3)26-18-22-31(23-19-26)36(29-12-8-6-9-13-29)30-14-10-7-11-15-30/h6-24H,5H2,1-4H3/b33-25+,35-32+. The van der Waals surface area contributed by atoms with Crippen molar-refractivity contribution >= 4 is 28.5 Å². The van der Waals surface area contributed by atoms with Crippen LogP contribution in [-0.2, 0) is 0 Å². The minimum atomic E-state index is -0.239. The van der Waals surface area contributed by atoms with Gasteiger partial charge in [-0.25, -0.2) is 4.39 Å². The summed E-state index contributed by atoms with van der Waals surface area (Å²) in [5.41, 5.74) is 8.42. The van der Waals surface area contributed by atoms with E-state index in [2.05, 4.69) is 105 Å². The first-order chi connectivity index (χ1) is 17.5. The molecule has 0 heterocycles. The zero-order valence-corrected chi connectivity index (χ0v) is 21.4. The fourth-order valence-corrected chi connectivity index (χ4v) is 4.21. The van der Waals surface area contributed by atoms with Crippen LogP contribution in [0.3, 0.4) is 0 Å². The van der Waals surface area contributed by atoms with Crippen LogP contribution in [0, 0.1) is 11.7 Å². The van der Waals surface area contributed by atoms with Gasteiger partial charge in [-0.1, -0.05) is 69.3 Å². The van der Waals surface area contributed by atoms with E-state index in [-0.39, 0.29) is 11.7 Å². The molecule has 0 N–H and O–H groups in total. The normalized spacial score (nSPS) is 12.4. The largest absolute Gasteiger partial charge is 0.311 e. The number of hydrogen-bond donors (Lipinski definition) is 0. The van der Waals surface area contributed by atoms with Crippen LogP contribution >= 0.6 is 0 Å². The van der Waals surface area contributed by atoms with Gasteiger partial charge >= 0.3 is 0 Å². The van der Waals surface area contributed by atoms with Crippen molar-refractivity contribution in [1.29, 1.82) is 0 Å². The van der Waals surface area contributed by atoms with Gasteiger partial charge in [0.1, 0.15) is 5.82 Å². The minimum Gasteiger partial charge on any atom is -0.311 e. The summed E-state index contributed by atoms with van der Waals surface area (Å²) in [5, 5.41) is 0. The van der Waals surface area contributed by atoms with Crippen molar-refractivity contribution in [3.05, 3.63) is 132 Å². The molecule has 0 aromatic heterocycles. The summed E-state index contributed by atoms with van der Waals surface area (Å²) >= 11 is 0. The Hall–Kier alpha value is -3.98. The molecule has 36 heavy (non-hydrogen) atoms. The Morgan fingerprint density at radius 3 is 1.64 bits per heavy atom. The summed E-state index contributed by atoms with van der Waals surface area (Å²) in [7, 11) is 0. The molecule has 0 spiro atoms. The topological polar surface area (TPSA) is 15.6 Å². The molecule has 0 unspecified atom stereocenters. The number of nitrogens with zero attached hydrogens (tertiary/aromatic N) is 2. The van der Waals surface area contributed by atoms with E-state index in [1.807, 2.05) is 24.3 Å². The highest BCUT2D eigenvalue weighted by molar-refractivity contribution is 6.05. The lowest BCUT2D eigenvalue weighted by Gasteiger charge is -2.25. The van der Waals surface area contributed by atoms with Crippen LogP contribution in [0.15, 0.2) is 120 Å². The molecule has 4 rings (SSSR count). The molecule has 0 bridgehead atoms. The van der Waals surface area contributed by atoms with Gasteiger partial charge in [0, 0.05) is 22.6 Å². The average molecular weight is 477 g/mol. The van der Waals surface area contributed by atoms with Crippen molar-refractivity contribution in [2.75, 3.05) is 4.90 Å². The van der Waals surface area contributed by atoms with Gasteiger partial charge < -0.3 is 4.90 Å². The molecular formula is C33H33FN2. The number of aliphatic imine (C=N–C) groups is 1. The van der Waals surface area contributed by atoms with E-state index in [0.29, 0.717) is 0 Å². The third-order valence-corrected chi connectivity index (χ3v) is 6.28. The Labute approximate surface area is 214 Å². The number of para-hydroxylation sites is 2. The van der Waals surface area contributed by atoms with Gasteiger partial charge in [0.15, 0.2) is 0 Å². The van der Waals surface area contributed by atoms with Crippen LogP contribution in [-0.4, -0.2) is 5.71 Å². The van der Waals surface area contributed by atoms with Crippen molar-refractivity contribution in [2.24, 2.45) is 10.9 Å². The Morgan fingerprint density at radius 2 is 1.17 bits per heavy atom. The summed E-state index contributed by atoms with van der Waals surface area (Å²) in [6.45, 7) is 8.55. The summed E-state index contributed by atoms with van der Waals surface area (Å²) < 4.78 is 13.6. The van der Waals surface area contributed by atoms with Crippen molar-refractivity contribution < 1.29 is 4.39 Å². The molecule has 0 radical (unpaired) electrons. The van der Waals surface area contributed by atoms with Crippen LogP contribution < -0.4 is 4.90 Å². The molecule has 2 nitrogen and oxygen atoms in total. The zero-order valence-electron chi connectivity index (χ0n) is 21.4. The number of benzene rings is 4. The van der Waals surface area contributed by atoms with Crippen LogP contribution in [0.2, 0.25) is 0 Å². The van der Waals surface area contributed by atoms with Crippen molar-refractivity contribution in [3.8, 4) is 0 Å². The highest BCUT2D eigenvalue weighted by Crippen LogP contribution is 2.34. The fourth-order valence-electron chi connectivity index (χ4n) is 4.21. The van der Waals surface area contributed by atoms with Crippen LogP contribution in [0.5, 0.6) is 0 Å². The third-order valence-electron chi connectivity index (χ3n) is 6.28. The van der Waals surface area contributed by atoms with Gasteiger partial charge in [0.05, 0.1) is 11.4 Å². The molecule has 0 fully saturated rings. The number of hydrogen-bond acceptors (Lipinski definition) is 2. The number of anilines is 3. The van der Waals surface area contributed by atoms with E-state index < -0.39 is 0 Å². The first-order valence-corrected chi connectivity index (χ1v) is 12.5. The maximum atomic E-state index is 13.6. The predicted octanol–water partition coefficient (Wildman–Crippen LogP) is 9.58. The first-order valence-electron chi connectivity index (χ1n) is 12.5. The molecule has 0 saturated heterocycles. The van der Waals surface area contributed by atoms with E-state index in [1.54, 1.807) is 0 Å². The maximum Gasteiger partial charge on any atom is 0.123 e. The Morgan fingerprint density at radius 1 is 0.694 bits per heavy atom. The van der Waals surface area contributed by atoms with E-state index >= 15 is 0 Å². The van der Waals surface area contributed by atoms with Gasteiger partial charge in [-0.15, -0.1) is 0 Å². The predicted molar refractivity (Wildman–Crippen MR) is 152 cm³/mol. The zero-order chi connectivity index (χ0) is 25.5. The number of allylic oxidation sites excluding steroid dienone is 1. The summed E-state index contributed by atoms with van der Waals surface area (Å²) in [6.07, 6.45) is 0.879. The van der Waals surface area contributed by atoms with Gasteiger partial charge in [0.25, 0.3) is 0 Å². The second-order valence-electron chi connectivity index (χ2n) is 9.19. The molecule has 4 aromatic carbocycles. The van der Waals surface area contributed by atoms with Gasteiger partial charge in [-0.05, 0) is 91.1 Å². The van der Waals surface area contributed by atoms with Crippen LogP contribution in [0.1, 0.15) is 45.2 Å². The Kier molecular flexibility index (Phi) is 8.12. The second kappa shape index (κ2) is 11.6. The first kappa shape index (κ1) is 25.1. The average Bonchev–Trinajstić information content (AvgIpc) is 2.91. The van der Waals surface area contributed by atoms with Gasteiger partial charge in [-0.3, -0.25) is 4.99 Å². The minimum absolute atomic E-state index is 0.218. The van der Waals surface area contributed by atoms with Crippen molar-refractivity contribution in [3.63, 3.8) is 0 Å². The molecule has 0 aliphatic rings. The van der Waals surface area contributed by atoms with E-state index in [1.165, 1.54) is 17.7 Å². The molecule has 182 valence electrons. The molecule has 3 heteroatoms. The van der Waals surface area contributed by atoms with Crippen molar-refractivity contribution in [2.45, 2.75) is 34.1 Å². The summed E-state index contributed by atoms with van der Waals surface area (Å²) in [5.74, 6) is -0.0207. The molecule has 4 aromatic rings. The quantitative estimate of drug-likeness (QED) is 0.231. The maximum absolute atomic E-state index is 13.6. The lowest BCUT2D eigenvalue weighted by molar-refractivity contribution is 0.627. The lowest BCUT2D eigenvalue weighted by atomic mass is 9.98. The Bertz CT molecular complexity index is 1280. The van der Waals surface area contributed by atoms with Crippen LogP contribution in [0.4, 0.5) is 21.5 Å². The summed E-state index contributed by atoms with van der Waals surface area (Å²) in [6, 6.07) is 36.0. The second-order valence-corrected chi connectivity index (χ2v) is 9.19. The molecule has 0 saturated carbocycles. The van der Waals surface area contributed by atoms with Gasteiger partial charge in [0.2, 0.25) is 0 Å². The smallest absolute Gasteiger partial charge is 0.123 e. The van der Waals surface area contributed by atoms with E-state index in [4.69, 9.17) is 4.99 Å². The number of rotatable bonds is 8. The lowest BCUT2D eigenvalue weighted by Crippen LogP contribution is -2.12.